The first-order valence-electron chi connectivity index (χ1n) is 7.33. The molecule has 0 bridgehead atoms. The molecule has 0 spiro atoms. The molecule has 0 radical (unpaired) electrons. The van der Waals surface area contributed by atoms with Crippen molar-refractivity contribution in [2.75, 3.05) is 12.4 Å². The van der Waals surface area contributed by atoms with E-state index in [2.05, 4.69) is 21.0 Å². The minimum Gasteiger partial charge on any atom is -0.343 e. The summed E-state index contributed by atoms with van der Waals surface area (Å²) >= 11 is 0. The second-order valence-corrected chi connectivity index (χ2v) is 5.25. The molecule has 1 aromatic heterocycles. The van der Waals surface area contributed by atoms with Gasteiger partial charge in [0.25, 0.3) is 0 Å². The molecule has 1 heterocycles. The summed E-state index contributed by atoms with van der Waals surface area (Å²) in [6.07, 6.45) is 3.38. The molecule has 0 aliphatic heterocycles. The number of nitrogens with zero attached hydrogens (tertiary/aromatic N) is 2. The summed E-state index contributed by atoms with van der Waals surface area (Å²) in [6, 6.07) is 7.89. The van der Waals surface area contributed by atoms with Crippen LogP contribution in [0.3, 0.4) is 0 Å². The van der Waals surface area contributed by atoms with Gasteiger partial charge in [-0.1, -0.05) is 18.2 Å². The molecule has 0 aliphatic rings. The fourth-order valence-electron chi connectivity index (χ4n) is 2.17. The van der Waals surface area contributed by atoms with E-state index in [-0.39, 0.29) is 11.8 Å². The van der Waals surface area contributed by atoms with Gasteiger partial charge in [0.1, 0.15) is 12.1 Å². The predicted molar refractivity (Wildman–Crippen MR) is 87.7 cm³/mol. The molecule has 0 saturated heterocycles. The van der Waals surface area contributed by atoms with Crippen molar-refractivity contribution in [2.45, 2.75) is 19.0 Å². The van der Waals surface area contributed by atoms with Crippen LogP contribution in [0.15, 0.2) is 42.7 Å². The zero-order valence-corrected chi connectivity index (χ0v) is 13.4. The van der Waals surface area contributed by atoms with E-state index >= 15 is 0 Å². The van der Waals surface area contributed by atoms with E-state index in [0.717, 1.165) is 5.56 Å². The number of hydrogen-bond donors (Lipinski definition) is 3. The molecular weight excluding hydrogens is 294 g/mol. The van der Waals surface area contributed by atoms with Gasteiger partial charge in [0.15, 0.2) is 0 Å². The lowest BCUT2D eigenvalue weighted by Gasteiger charge is -2.19. The van der Waals surface area contributed by atoms with Crippen molar-refractivity contribution in [3.05, 3.63) is 48.3 Å². The van der Waals surface area contributed by atoms with Gasteiger partial charge < -0.3 is 16.0 Å². The highest BCUT2D eigenvalue weighted by Crippen LogP contribution is 2.12. The average Bonchev–Trinajstić information content (AvgIpc) is 2.95. The van der Waals surface area contributed by atoms with E-state index in [1.807, 2.05) is 18.2 Å². The summed E-state index contributed by atoms with van der Waals surface area (Å²) in [5.74, 6) is -0.554. The molecule has 1 aromatic carbocycles. The van der Waals surface area contributed by atoms with Crippen LogP contribution in [0.1, 0.15) is 18.5 Å². The third-order valence-corrected chi connectivity index (χ3v) is 3.40. The van der Waals surface area contributed by atoms with Crippen molar-refractivity contribution >= 4 is 17.5 Å². The predicted octanol–water partition coefficient (Wildman–Crippen LogP) is 0.824. The third-order valence-electron chi connectivity index (χ3n) is 3.40. The van der Waals surface area contributed by atoms with Crippen LogP contribution >= 0.6 is 0 Å². The van der Waals surface area contributed by atoms with Crippen LogP contribution in [0.2, 0.25) is 0 Å². The quantitative estimate of drug-likeness (QED) is 0.736. The first kappa shape index (κ1) is 16.7. The number of para-hydroxylation sites is 1. The number of likely N-dealkylation sites (N-methyl/N-ethyl adjacent to an activating group) is 1. The second kappa shape index (κ2) is 7.55. The van der Waals surface area contributed by atoms with Gasteiger partial charge in [-0.25, -0.2) is 0 Å². The number of carbonyl (C=O) groups is 2. The topological polar surface area (TPSA) is 88.1 Å². The number of nitrogens with one attached hydrogen (secondary N) is 3. The van der Waals surface area contributed by atoms with Crippen LogP contribution in [0, 0.1) is 0 Å². The van der Waals surface area contributed by atoms with Gasteiger partial charge >= 0.3 is 0 Å². The first-order chi connectivity index (χ1) is 11.0. The Morgan fingerprint density at radius 1 is 1.17 bits per heavy atom. The van der Waals surface area contributed by atoms with Crippen molar-refractivity contribution in [3.8, 4) is 0 Å². The van der Waals surface area contributed by atoms with Crippen LogP contribution in [0.5, 0.6) is 0 Å². The Labute approximate surface area is 135 Å². The lowest BCUT2D eigenvalue weighted by molar-refractivity contribution is -0.127. The molecule has 2 amide bonds. The molecular formula is C16H21N5O2. The van der Waals surface area contributed by atoms with Gasteiger partial charge in [-0.05, 0) is 26.1 Å². The van der Waals surface area contributed by atoms with Crippen molar-refractivity contribution in [2.24, 2.45) is 7.05 Å². The zero-order valence-electron chi connectivity index (χ0n) is 13.4. The summed E-state index contributed by atoms with van der Waals surface area (Å²) < 4.78 is 1.62. The molecule has 0 aliphatic carbocycles. The molecule has 2 rings (SSSR count). The SMILES string of the molecule is CNC(C(=O)NC(C)C(=O)Nc1ccccc1)c1cnn(C)c1. The van der Waals surface area contributed by atoms with Crippen LogP contribution in [-0.2, 0) is 16.6 Å². The van der Waals surface area contributed by atoms with Crippen molar-refractivity contribution in [1.29, 1.82) is 0 Å². The van der Waals surface area contributed by atoms with E-state index in [1.165, 1.54) is 0 Å². The van der Waals surface area contributed by atoms with Crippen LogP contribution in [0.25, 0.3) is 0 Å². The second-order valence-electron chi connectivity index (χ2n) is 5.25. The Bertz CT molecular complexity index is 668. The van der Waals surface area contributed by atoms with Crippen LogP contribution in [0.4, 0.5) is 5.69 Å². The van der Waals surface area contributed by atoms with Crippen molar-refractivity contribution in [1.82, 2.24) is 20.4 Å². The monoisotopic (exact) mass is 315 g/mol. The maximum Gasteiger partial charge on any atom is 0.246 e. The number of benzene rings is 1. The summed E-state index contributed by atoms with van der Waals surface area (Å²) in [4.78, 5) is 24.5. The maximum absolute atomic E-state index is 12.4. The van der Waals surface area contributed by atoms with Gasteiger partial charge in [0.05, 0.1) is 6.20 Å². The standard InChI is InChI=1S/C16H21N5O2/c1-11(15(22)20-13-7-5-4-6-8-13)19-16(23)14(17-2)12-9-18-21(3)10-12/h4-11,14,17H,1-3H3,(H,19,23)(H,20,22). The molecule has 2 unspecified atom stereocenters. The number of rotatable bonds is 6. The fraction of sp³-hybridized carbons (Fsp3) is 0.312. The summed E-state index contributed by atoms with van der Waals surface area (Å²) in [7, 11) is 3.47. The number of carbonyl (C=O) groups excluding carboxylic acids is 2. The van der Waals surface area contributed by atoms with Crippen molar-refractivity contribution < 1.29 is 9.59 Å². The molecule has 2 atom stereocenters. The minimum absolute atomic E-state index is 0.273. The number of anilines is 1. The number of hydrogen-bond acceptors (Lipinski definition) is 4. The Hall–Kier alpha value is -2.67. The number of amides is 2. The van der Waals surface area contributed by atoms with E-state index in [1.54, 1.807) is 50.2 Å². The van der Waals surface area contributed by atoms with E-state index < -0.39 is 12.1 Å². The summed E-state index contributed by atoms with van der Waals surface area (Å²) in [5, 5.41) is 12.4. The maximum atomic E-state index is 12.4. The van der Waals surface area contributed by atoms with Crippen LogP contribution < -0.4 is 16.0 Å². The molecule has 122 valence electrons. The first-order valence-corrected chi connectivity index (χ1v) is 7.33. The Balaban J connectivity index is 1.96. The third kappa shape index (κ3) is 4.40. The highest BCUT2D eigenvalue weighted by Gasteiger charge is 2.24. The lowest BCUT2D eigenvalue weighted by Crippen LogP contribution is -2.45. The number of aromatic nitrogens is 2. The van der Waals surface area contributed by atoms with Gasteiger partial charge in [-0.2, -0.15) is 5.10 Å². The van der Waals surface area contributed by atoms with E-state index in [0.29, 0.717) is 5.69 Å². The highest BCUT2D eigenvalue weighted by atomic mass is 16.2. The average molecular weight is 315 g/mol. The molecule has 2 aromatic rings. The Morgan fingerprint density at radius 3 is 2.43 bits per heavy atom. The molecule has 3 N–H and O–H groups in total. The van der Waals surface area contributed by atoms with Gasteiger partial charge in [-0.15, -0.1) is 0 Å². The number of aryl methyl sites for hydroxylation is 1. The Morgan fingerprint density at radius 2 is 1.87 bits per heavy atom. The highest BCUT2D eigenvalue weighted by molar-refractivity contribution is 5.97. The molecule has 0 saturated carbocycles. The van der Waals surface area contributed by atoms with Gasteiger partial charge in [-0.3, -0.25) is 14.3 Å². The van der Waals surface area contributed by atoms with E-state index in [9.17, 15) is 9.59 Å². The zero-order chi connectivity index (χ0) is 16.8. The Kier molecular flexibility index (Phi) is 5.48. The smallest absolute Gasteiger partial charge is 0.246 e. The fourth-order valence-corrected chi connectivity index (χ4v) is 2.17. The van der Waals surface area contributed by atoms with Crippen LogP contribution in [-0.4, -0.2) is 34.7 Å². The van der Waals surface area contributed by atoms with Gasteiger partial charge in [0.2, 0.25) is 11.8 Å². The molecule has 0 fully saturated rings. The van der Waals surface area contributed by atoms with E-state index in [4.69, 9.17) is 0 Å². The minimum atomic E-state index is -0.657. The largest absolute Gasteiger partial charge is 0.343 e. The van der Waals surface area contributed by atoms with Crippen molar-refractivity contribution in [3.63, 3.8) is 0 Å². The molecule has 7 nitrogen and oxygen atoms in total. The molecule has 7 heteroatoms. The molecule has 23 heavy (non-hydrogen) atoms. The summed E-state index contributed by atoms with van der Waals surface area (Å²) in [5.41, 5.74) is 1.43. The van der Waals surface area contributed by atoms with Gasteiger partial charge in [0, 0.05) is 24.5 Å². The normalized spacial score (nSPS) is 13.2. The lowest BCUT2D eigenvalue weighted by atomic mass is 10.1. The summed E-state index contributed by atoms with van der Waals surface area (Å²) in [6.45, 7) is 1.64.